The summed E-state index contributed by atoms with van der Waals surface area (Å²) in [6.07, 6.45) is 6.52. The van der Waals surface area contributed by atoms with Gasteiger partial charge in [-0.2, -0.15) is 0 Å². The van der Waals surface area contributed by atoms with Crippen LogP contribution >= 0.6 is 0 Å². The first kappa shape index (κ1) is 16.2. The molecule has 0 bridgehead atoms. The van der Waals surface area contributed by atoms with E-state index in [0.717, 1.165) is 49.6 Å². The fraction of sp³-hybridized carbons (Fsp3) is 0.765. The number of nitrogens with one attached hydrogen (secondary N) is 1. The van der Waals surface area contributed by atoms with Crippen molar-refractivity contribution < 1.29 is 4.74 Å². The summed E-state index contributed by atoms with van der Waals surface area (Å²) >= 11 is 0. The van der Waals surface area contributed by atoms with Crippen molar-refractivity contribution in [3.63, 3.8) is 0 Å². The molecule has 1 aromatic rings. The monoisotopic (exact) mass is 291 g/mol. The van der Waals surface area contributed by atoms with Crippen LogP contribution in [0.3, 0.4) is 0 Å². The van der Waals surface area contributed by atoms with Crippen LogP contribution < -0.4 is 5.32 Å². The first-order valence-corrected chi connectivity index (χ1v) is 8.31. The molecule has 2 atom stereocenters. The minimum Gasteiger partial charge on any atom is -0.370 e. The topological polar surface area (TPSA) is 47.0 Å². The summed E-state index contributed by atoms with van der Waals surface area (Å²) in [5.74, 6) is 2.47. The summed E-state index contributed by atoms with van der Waals surface area (Å²) in [4.78, 5) is 9.56. The Labute approximate surface area is 128 Å². The van der Waals surface area contributed by atoms with Crippen LogP contribution in [0.5, 0.6) is 0 Å². The zero-order chi connectivity index (χ0) is 15.3. The molecule has 0 aromatic carbocycles. The third-order valence-corrected chi connectivity index (χ3v) is 4.45. The fourth-order valence-electron chi connectivity index (χ4n) is 3.21. The molecular formula is C17H29N3O. The van der Waals surface area contributed by atoms with Gasteiger partial charge in [-0.15, -0.1) is 0 Å². The molecule has 1 aromatic heterocycles. The summed E-state index contributed by atoms with van der Waals surface area (Å²) in [7, 11) is 1.80. The van der Waals surface area contributed by atoms with E-state index < -0.39 is 0 Å². The predicted molar refractivity (Wildman–Crippen MR) is 86.5 cm³/mol. The third-order valence-electron chi connectivity index (χ3n) is 4.45. The SMILES string of the molecule is CCCNc1cc(CC)nc(C2(OC)CCCC(C)C2)n1. The Hall–Kier alpha value is -1.16. The largest absolute Gasteiger partial charge is 0.370 e. The molecule has 0 aliphatic heterocycles. The quantitative estimate of drug-likeness (QED) is 0.863. The third kappa shape index (κ3) is 3.73. The molecule has 4 nitrogen and oxygen atoms in total. The summed E-state index contributed by atoms with van der Waals surface area (Å²) in [6, 6.07) is 2.06. The second-order valence-electron chi connectivity index (χ2n) is 6.25. The van der Waals surface area contributed by atoms with Gasteiger partial charge in [0.1, 0.15) is 11.4 Å². The summed E-state index contributed by atoms with van der Waals surface area (Å²) in [5, 5.41) is 3.39. The van der Waals surface area contributed by atoms with Crippen molar-refractivity contribution in [2.75, 3.05) is 19.0 Å². The molecule has 1 aliphatic carbocycles. The fourth-order valence-corrected chi connectivity index (χ4v) is 3.21. The number of anilines is 1. The number of hydrogen-bond donors (Lipinski definition) is 1. The van der Waals surface area contributed by atoms with Crippen molar-refractivity contribution in [2.24, 2.45) is 5.92 Å². The Morgan fingerprint density at radius 1 is 1.38 bits per heavy atom. The number of aryl methyl sites for hydroxylation is 1. The first-order valence-electron chi connectivity index (χ1n) is 8.31. The van der Waals surface area contributed by atoms with Crippen LogP contribution in [0.1, 0.15) is 64.4 Å². The van der Waals surface area contributed by atoms with Crippen LogP contribution in [0.4, 0.5) is 5.82 Å². The predicted octanol–water partition coefficient (Wildman–Crippen LogP) is 3.91. The van der Waals surface area contributed by atoms with Crippen LogP contribution in [0.15, 0.2) is 6.07 Å². The highest BCUT2D eigenvalue weighted by molar-refractivity contribution is 5.37. The number of ether oxygens (including phenoxy) is 1. The second kappa shape index (κ2) is 7.21. The van der Waals surface area contributed by atoms with E-state index in [1.54, 1.807) is 7.11 Å². The standard InChI is InChI=1S/C17H29N3O/c1-5-10-18-15-11-14(6-2)19-16(20-15)17(21-4)9-7-8-13(3)12-17/h11,13H,5-10,12H2,1-4H3,(H,18,19,20). The Morgan fingerprint density at radius 3 is 2.81 bits per heavy atom. The number of methoxy groups -OCH3 is 1. The Bertz CT molecular complexity index is 463. The van der Waals surface area contributed by atoms with Gasteiger partial charge in [0.05, 0.1) is 0 Å². The lowest BCUT2D eigenvalue weighted by molar-refractivity contribution is -0.0646. The van der Waals surface area contributed by atoms with Crippen LogP contribution in [-0.2, 0) is 16.8 Å². The van der Waals surface area contributed by atoms with E-state index in [1.165, 1.54) is 12.8 Å². The van der Waals surface area contributed by atoms with E-state index in [-0.39, 0.29) is 5.60 Å². The van der Waals surface area contributed by atoms with Gasteiger partial charge in [-0.25, -0.2) is 9.97 Å². The van der Waals surface area contributed by atoms with Gasteiger partial charge in [0.2, 0.25) is 0 Å². The molecule has 1 fully saturated rings. The molecule has 0 radical (unpaired) electrons. The van der Waals surface area contributed by atoms with Gasteiger partial charge in [-0.3, -0.25) is 0 Å². The molecule has 1 N–H and O–H groups in total. The molecular weight excluding hydrogens is 262 g/mol. The lowest BCUT2D eigenvalue weighted by Gasteiger charge is -2.37. The first-order chi connectivity index (χ1) is 10.1. The maximum absolute atomic E-state index is 5.94. The van der Waals surface area contributed by atoms with Crippen molar-refractivity contribution in [3.8, 4) is 0 Å². The highest BCUT2D eigenvalue weighted by Gasteiger charge is 2.39. The Morgan fingerprint density at radius 2 is 2.19 bits per heavy atom. The molecule has 0 spiro atoms. The van der Waals surface area contributed by atoms with Gasteiger partial charge in [0.15, 0.2) is 5.82 Å². The maximum atomic E-state index is 5.94. The van der Waals surface area contributed by atoms with E-state index in [1.807, 2.05) is 0 Å². The van der Waals surface area contributed by atoms with Crippen molar-refractivity contribution in [1.82, 2.24) is 9.97 Å². The van der Waals surface area contributed by atoms with Crippen molar-refractivity contribution in [2.45, 2.75) is 64.9 Å². The van der Waals surface area contributed by atoms with E-state index in [0.29, 0.717) is 5.92 Å². The van der Waals surface area contributed by atoms with Gasteiger partial charge in [-0.05, 0) is 38.0 Å². The van der Waals surface area contributed by atoms with Gasteiger partial charge >= 0.3 is 0 Å². The summed E-state index contributed by atoms with van der Waals surface area (Å²) in [6.45, 7) is 7.54. The van der Waals surface area contributed by atoms with Crippen LogP contribution in [-0.4, -0.2) is 23.6 Å². The zero-order valence-corrected chi connectivity index (χ0v) is 13.9. The van der Waals surface area contributed by atoms with Crippen LogP contribution in [0.25, 0.3) is 0 Å². The van der Waals surface area contributed by atoms with Crippen molar-refractivity contribution in [1.29, 1.82) is 0 Å². The molecule has 21 heavy (non-hydrogen) atoms. The van der Waals surface area contributed by atoms with E-state index >= 15 is 0 Å². The van der Waals surface area contributed by atoms with Crippen molar-refractivity contribution in [3.05, 3.63) is 17.6 Å². The molecule has 1 aliphatic rings. The molecule has 2 unspecified atom stereocenters. The molecule has 1 saturated carbocycles. The van der Waals surface area contributed by atoms with E-state index in [4.69, 9.17) is 14.7 Å². The Kier molecular flexibility index (Phi) is 5.57. The lowest BCUT2D eigenvalue weighted by Crippen LogP contribution is -2.36. The zero-order valence-electron chi connectivity index (χ0n) is 13.9. The normalized spacial score (nSPS) is 25.8. The minimum atomic E-state index is -0.300. The van der Waals surface area contributed by atoms with Crippen LogP contribution in [0.2, 0.25) is 0 Å². The summed E-state index contributed by atoms with van der Waals surface area (Å²) in [5.41, 5.74) is 0.791. The van der Waals surface area contributed by atoms with Gasteiger partial charge < -0.3 is 10.1 Å². The number of nitrogens with zero attached hydrogens (tertiary/aromatic N) is 2. The number of hydrogen-bond acceptors (Lipinski definition) is 4. The van der Waals surface area contributed by atoms with Gasteiger partial charge in [0.25, 0.3) is 0 Å². The number of rotatable bonds is 6. The highest BCUT2D eigenvalue weighted by Crippen LogP contribution is 2.41. The average molecular weight is 291 g/mol. The molecule has 1 heterocycles. The lowest BCUT2D eigenvalue weighted by atomic mass is 9.78. The van der Waals surface area contributed by atoms with Crippen LogP contribution in [0, 0.1) is 5.92 Å². The highest BCUT2D eigenvalue weighted by atomic mass is 16.5. The van der Waals surface area contributed by atoms with Gasteiger partial charge in [0, 0.05) is 25.4 Å². The van der Waals surface area contributed by atoms with E-state index in [2.05, 4.69) is 32.2 Å². The number of aromatic nitrogens is 2. The van der Waals surface area contributed by atoms with Crippen molar-refractivity contribution >= 4 is 5.82 Å². The molecule has 0 saturated heterocycles. The molecule has 2 rings (SSSR count). The molecule has 0 amide bonds. The molecule has 118 valence electrons. The Balaban J connectivity index is 2.35. The minimum absolute atomic E-state index is 0.300. The molecule has 4 heteroatoms. The van der Waals surface area contributed by atoms with E-state index in [9.17, 15) is 0 Å². The maximum Gasteiger partial charge on any atom is 0.162 e. The smallest absolute Gasteiger partial charge is 0.162 e. The second-order valence-corrected chi connectivity index (χ2v) is 6.25. The summed E-state index contributed by atoms with van der Waals surface area (Å²) < 4.78 is 5.94. The van der Waals surface area contributed by atoms with Gasteiger partial charge in [-0.1, -0.05) is 27.2 Å². The average Bonchev–Trinajstić information content (AvgIpc) is 2.52.